The monoisotopic (exact) mass is 424 g/mol. The van der Waals surface area contributed by atoms with Crippen molar-refractivity contribution in [3.8, 4) is 0 Å². The summed E-state index contributed by atoms with van der Waals surface area (Å²) in [6, 6.07) is 0. The highest BCUT2D eigenvalue weighted by Crippen LogP contribution is 2.34. The summed E-state index contributed by atoms with van der Waals surface area (Å²) in [6.07, 6.45) is 11.7. The average molecular weight is 425 g/mol. The number of nitrogens with zero attached hydrogens (tertiary/aromatic N) is 2. The largest absolute Gasteiger partial charge is 0.370 e. The maximum atomic E-state index is 12.7. The van der Waals surface area contributed by atoms with Crippen molar-refractivity contribution in [3.05, 3.63) is 63.9 Å². The van der Waals surface area contributed by atoms with Gasteiger partial charge in [-0.1, -0.05) is 44.2 Å². The molecule has 2 atom stereocenters. The molecule has 0 radical (unpaired) electrons. The molecule has 1 aliphatic carbocycles. The van der Waals surface area contributed by atoms with Gasteiger partial charge in [-0.2, -0.15) is 4.98 Å². The second-order valence-electron chi connectivity index (χ2n) is 8.25. The van der Waals surface area contributed by atoms with E-state index in [0.717, 1.165) is 36.2 Å². The van der Waals surface area contributed by atoms with Gasteiger partial charge >= 0.3 is 5.69 Å². The third-order valence-corrected chi connectivity index (χ3v) is 5.66. The van der Waals surface area contributed by atoms with Crippen LogP contribution in [0.15, 0.2) is 46.9 Å². The molecule has 1 heterocycles. The molecule has 0 bridgehead atoms. The van der Waals surface area contributed by atoms with E-state index in [1.54, 1.807) is 0 Å². The first kappa shape index (κ1) is 24.3. The number of allylic oxidation sites excluding steroid dienone is 4. The number of fused-ring (bicyclic) bond motifs is 1. The van der Waals surface area contributed by atoms with Crippen molar-refractivity contribution in [2.45, 2.75) is 46.5 Å². The van der Waals surface area contributed by atoms with Gasteiger partial charge in [-0.3, -0.25) is 9.98 Å². The van der Waals surface area contributed by atoms with E-state index in [0.29, 0.717) is 24.7 Å². The topological polar surface area (TPSA) is 109 Å². The molecule has 168 valence electrons. The summed E-state index contributed by atoms with van der Waals surface area (Å²) in [5.41, 5.74) is 9.81. The number of rotatable bonds is 9. The number of aromatic nitrogens is 2. The minimum absolute atomic E-state index is 0.00672. The molecule has 1 aliphatic rings. The van der Waals surface area contributed by atoms with Crippen molar-refractivity contribution in [2.75, 3.05) is 19.6 Å². The van der Waals surface area contributed by atoms with E-state index in [1.807, 2.05) is 31.3 Å². The molecule has 31 heavy (non-hydrogen) atoms. The number of hydrogen-bond donors (Lipinski definition) is 4. The summed E-state index contributed by atoms with van der Waals surface area (Å²) in [7, 11) is 0. The van der Waals surface area contributed by atoms with E-state index < -0.39 is 0 Å². The molecule has 1 aromatic rings. The summed E-state index contributed by atoms with van der Waals surface area (Å²) in [5, 5.41) is 13.3. The lowest BCUT2D eigenvalue weighted by Crippen LogP contribution is -2.32. The van der Waals surface area contributed by atoms with Crippen LogP contribution in [0, 0.1) is 11.3 Å². The Labute approximate surface area is 185 Å². The van der Waals surface area contributed by atoms with Gasteiger partial charge in [-0.15, -0.1) is 0 Å². The zero-order valence-electron chi connectivity index (χ0n) is 19.2. The molecule has 0 spiro atoms. The van der Waals surface area contributed by atoms with Gasteiger partial charge in [-0.05, 0) is 50.8 Å². The third kappa shape index (κ3) is 7.07. The first-order valence-electron chi connectivity index (χ1n) is 10.8. The van der Waals surface area contributed by atoms with Crippen molar-refractivity contribution in [1.29, 1.82) is 5.41 Å². The summed E-state index contributed by atoms with van der Waals surface area (Å²) < 4.78 is 1.52. The molecular formula is C24H36N6O. The predicted molar refractivity (Wildman–Crippen MR) is 130 cm³/mol. The maximum absolute atomic E-state index is 12.7. The molecule has 7 heteroatoms. The molecule has 0 amide bonds. The Morgan fingerprint density at radius 2 is 2.13 bits per heavy atom. The lowest BCUT2D eigenvalue weighted by molar-refractivity contribution is 0.477. The molecule has 5 N–H and O–H groups in total. The Bertz CT molecular complexity index is 953. The van der Waals surface area contributed by atoms with Gasteiger partial charge in [-0.25, -0.2) is 4.79 Å². The van der Waals surface area contributed by atoms with Crippen LogP contribution in [-0.2, 0) is 0 Å². The summed E-state index contributed by atoms with van der Waals surface area (Å²) in [5.74, 6) is 0.681. The first-order valence-corrected chi connectivity index (χ1v) is 10.8. The van der Waals surface area contributed by atoms with Crippen LogP contribution in [0.5, 0.6) is 0 Å². The quantitative estimate of drug-likeness (QED) is 0.211. The SMILES string of the molecule is C=C(/C=C\C(=C/C)CNCCCNC(=N)N)n1cc2c(nc1=O)C(C)C(C)CC(C)=C2. The minimum Gasteiger partial charge on any atom is -0.370 e. The fourth-order valence-corrected chi connectivity index (χ4v) is 3.65. The maximum Gasteiger partial charge on any atom is 0.352 e. The van der Waals surface area contributed by atoms with E-state index in [4.69, 9.17) is 11.1 Å². The van der Waals surface area contributed by atoms with Crippen LogP contribution in [0.25, 0.3) is 11.8 Å². The third-order valence-electron chi connectivity index (χ3n) is 5.66. The molecule has 2 unspecified atom stereocenters. The van der Waals surface area contributed by atoms with Gasteiger partial charge in [0.25, 0.3) is 0 Å². The molecule has 0 saturated heterocycles. The minimum atomic E-state index is -0.293. The van der Waals surface area contributed by atoms with Crippen LogP contribution in [0.3, 0.4) is 0 Å². The number of hydrogen-bond acceptors (Lipinski definition) is 4. The second kappa shape index (κ2) is 11.5. The Hall–Kier alpha value is -2.93. The van der Waals surface area contributed by atoms with Gasteiger partial charge in [0.05, 0.1) is 5.69 Å². The lowest BCUT2D eigenvalue weighted by atomic mass is 9.89. The van der Waals surface area contributed by atoms with Gasteiger partial charge < -0.3 is 16.4 Å². The Kier molecular flexibility index (Phi) is 9.00. The van der Waals surface area contributed by atoms with Crippen LogP contribution < -0.4 is 22.1 Å². The van der Waals surface area contributed by atoms with Gasteiger partial charge in [0.2, 0.25) is 0 Å². The Balaban J connectivity index is 2.06. The molecule has 2 rings (SSSR count). The Morgan fingerprint density at radius 3 is 2.81 bits per heavy atom. The van der Waals surface area contributed by atoms with E-state index >= 15 is 0 Å². The number of nitrogens with two attached hydrogens (primary N) is 1. The molecule has 7 nitrogen and oxygen atoms in total. The van der Waals surface area contributed by atoms with Gasteiger partial charge in [0.15, 0.2) is 5.96 Å². The van der Waals surface area contributed by atoms with E-state index in [-0.39, 0.29) is 17.6 Å². The molecule has 0 fully saturated rings. The predicted octanol–water partition coefficient (Wildman–Crippen LogP) is 3.23. The average Bonchev–Trinajstić information content (AvgIpc) is 2.81. The zero-order chi connectivity index (χ0) is 23.0. The van der Waals surface area contributed by atoms with Crippen molar-refractivity contribution in [1.82, 2.24) is 20.2 Å². The highest BCUT2D eigenvalue weighted by Gasteiger charge is 2.23. The number of nitrogens with one attached hydrogen (secondary N) is 3. The van der Waals surface area contributed by atoms with E-state index in [1.165, 1.54) is 10.1 Å². The number of guanidine groups is 1. The standard InChI is InChI=1S/C24H36N6O/c1-6-20(14-27-10-7-11-28-23(25)26)9-8-18(4)30-15-21-13-16(2)12-17(3)19(5)22(21)29-24(30)31/h6,8-9,13,15,17,19,27H,4,7,10-12,14H2,1-3,5H3,(H4,25,26,28)/b9-8-,20-6+. The zero-order valence-corrected chi connectivity index (χ0v) is 19.2. The van der Waals surface area contributed by atoms with Crippen LogP contribution >= 0.6 is 0 Å². The highest BCUT2D eigenvalue weighted by atomic mass is 16.1. The van der Waals surface area contributed by atoms with Crippen LogP contribution in [-0.4, -0.2) is 35.1 Å². The molecule has 1 aromatic heterocycles. The second-order valence-corrected chi connectivity index (χ2v) is 8.25. The van der Waals surface area contributed by atoms with Crippen molar-refractivity contribution in [2.24, 2.45) is 11.7 Å². The van der Waals surface area contributed by atoms with Crippen molar-refractivity contribution < 1.29 is 0 Å². The molecule has 0 saturated carbocycles. The molecule has 0 aromatic carbocycles. The van der Waals surface area contributed by atoms with Crippen molar-refractivity contribution >= 4 is 17.7 Å². The summed E-state index contributed by atoms with van der Waals surface area (Å²) >= 11 is 0. The normalized spacial score (nSPS) is 19.0. The first-order chi connectivity index (χ1) is 14.7. The fraction of sp³-hybridized carbons (Fsp3) is 0.458. The van der Waals surface area contributed by atoms with Gasteiger partial charge in [0, 0.05) is 36.5 Å². The molecular weight excluding hydrogens is 388 g/mol. The van der Waals surface area contributed by atoms with E-state index in [9.17, 15) is 4.79 Å². The van der Waals surface area contributed by atoms with Crippen LogP contribution in [0.4, 0.5) is 0 Å². The highest BCUT2D eigenvalue weighted by molar-refractivity contribution is 5.74. The van der Waals surface area contributed by atoms with Crippen LogP contribution in [0.1, 0.15) is 57.7 Å². The summed E-state index contributed by atoms with van der Waals surface area (Å²) in [4.78, 5) is 17.1. The van der Waals surface area contributed by atoms with Crippen molar-refractivity contribution in [3.63, 3.8) is 0 Å². The van der Waals surface area contributed by atoms with E-state index in [2.05, 4.69) is 49.0 Å². The Morgan fingerprint density at radius 1 is 1.39 bits per heavy atom. The summed E-state index contributed by atoms with van der Waals surface area (Å²) in [6.45, 7) is 14.7. The fourth-order valence-electron chi connectivity index (χ4n) is 3.65. The molecule has 0 aliphatic heterocycles. The smallest absolute Gasteiger partial charge is 0.352 e. The lowest BCUT2D eigenvalue weighted by Gasteiger charge is -2.18. The van der Waals surface area contributed by atoms with Gasteiger partial charge in [0.1, 0.15) is 0 Å². The van der Waals surface area contributed by atoms with Crippen LogP contribution in [0.2, 0.25) is 0 Å².